The van der Waals surface area contributed by atoms with E-state index >= 15 is 0 Å². The van der Waals surface area contributed by atoms with Gasteiger partial charge < -0.3 is 9.73 Å². The third-order valence-electron chi connectivity index (χ3n) is 2.23. The van der Waals surface area contributed by atoms with Crippen molar-refractivity contribution in [1.82, 2.24) is 5.32 Å². The molecule has 0 aliphatic carbocycles. The summed E-state index contributed by atoms with van der Waals surface area (Å²) in [6.45, 7) is 1.17. The summed E-state index contributed by atoms with van der Waals surface area (Å²) in [7, 11) is 0. The summed E-state index contributed by atoms with van der Waals surface area (Å²) in [5, 5.41) is 3.15. The minimum Gasteiger partial charge on any atom is -0.472 e. The average molecular weight is 284 g/mol. The Hall–Kier alpha value is -1.13. The molecule has 0 aliphatic heterocycles. The molecule has 2 rings (SSSR count). The van der Waals surface area contributed by atoms with Crippen LogP contribution in [0, 0.1) is 5.82 Å². The van der Waals surface area contributed by atoms with Gasteiger partial charge in [-0.05, 0) is 24.3 Å². The number of benzene rings is 1. The number of furan rings is 1. The maximum absolute atomic E-state index is 13.4. The average Bonchev–Trinajstić information content (AvgIpc) is 2.76. The van der Waals surface area contributed by atoms with Crippen LogP contribution in [0.15, 0.2) is 45.7 Å². The van der Waals surface area contributed by atoms with E-state index in [0.717, 1.165) is 10.0 Å². The lowest BCUT2D eigenvalue weighted by molar-refractivity contribution is 0.557. The Morgan fingerprint density at radius 1 is 1.25 bits per heavy atom. The highest BCUT2D eigenvalue weighted by Crippen LogP contribution is 2.15. The number of nitrogens with one attached hydrogen (secondary N) is 1. The fourth-order valence-corrected chi connectivity index (χ4v) is 1.82. The second kappa shape index (κ2) is 5.27. The van der Waals surface area contributed by atoms with Gasteiger partial charge in [0.1, 0.15) is 5.82 Å². The van der Waals surface area contributed by atoms with E-state index in [9.17, 15) is 4.39 Å². The van der Waals surface area contributed by atoms with Crippen molar-refractivity contribution < 1.29 is 8.81 Å². The number of hydrogen-bond acceptors (Lipinski definition) is 2. The highest BCUT2D eigenvalue weighted by molar-refractivity contribution is 9.10. The monoisotopic (exact) mass is 283 g/mol. The van der Waals surface area contributed by atoms with Crippen molar-refractivity contribution in [2.24, 2.45) is 0 Å². The van der Waals surface area contributed by atoms with Crippen molar-refractivity contribution in [3.63, 3.8) is 0 Å². The molecule has 16 heavy (non-hydrogen) atoms. The first kappa shape index (κ1) is 11.4. The summed E-state index contributed by atoms with van der Waals surface area (Å²) in [5.74, 6) is -0.192. The van der Waals surface area contributed by atoms with E-state index in [2.05, 4.69) is 21.2 Å². The Kier molecular flexibility index (Phi) is 3.74. The van der Waals surface area contributed by atoms with E-state index in [4.69, 9.17) is 4.42 Å². The van der Waals surface area contributed by atoms with Crippen molar-refractivity contribution in [1.29, 1.82) is 0 Å². The Morgan fingerprint density at radius 3 is 2.88 bits per heavy atom. The molecule has 84 valence electrons. The molecule has 2 nitrogen and oxygen atoms in total. The van der Waals surface area contributed by atoms with Gasteiger partial charge in [-0.25, -0.2) is 4.39 Å². The second-order valence-corrected chi connectivity index (χ2v) is 4.39. The van der Waals surface area contributed by atoms with Crippen molar-refractivity contribution in [3.8, 4) is 0 Å². The van der Waals surface area contributed by atoms with Crippen molar-refractivity contribution in [2.75, 3.05) is 0 Å². The Morgan fingerprint density at radius 2 is 2.12 bits per heavy atom. The van der Waals surface area contributed by atoms with E-state index in [1.54, 1.807) is 24.7 Å². The van der Waals surface area contributed by atoms with Crippen LogP contribution in [0.2, 0.25) is 0 Å². The highest BCUT2D eigenvalue weighted by Gasteiger charge is 2.02. The van der Waals surface area contributed by atoms with Crippen LogP contribution in [0.5, 0.6) is 0 Å². The number of hydrogen-bond donors (Lipinski definition) is 1. The normalized spacial score (nSPS) is 10.6. The van der Waals surface area contributed by atoms with Crippen molar-refractivity contribution in [3.05, 3.63) is 58.2 Å². The van der Waals surface area contributed by atoms with Gasteiger partial charge in [0.25, 0.3) is 0 Å². The summed E-state index contributed by atoms with van der Waals surface area (Å²) in [6.07, 6.45) is 3.29. The van der Waals surface area contributed by atoms with E-state index in [0.29, 0.717) is 18.7 Å². The van der Waals surface area contributed by atoms with Gasteiger partial charge in [0.05, 0.1) is 12.5 Å². The van der Waals surface area contributed by atoms with Gasteiger partial charge in [-0.1, -0.05) is 15.9 Å². The Labute approximate surface area is 102 Å². The maximum Gasteiger partial charge on any atom is 0.127 e. The van der Waals surface area contributed by atoms with Gasteiger partial charge in [-0.3, -0.25) is 0 Å². The third-order valence-corrected chi connectivity index (χ3v) is 2.73. The predicted molar refractivity (Wildman–Crippen MR) is 63.4 cm³/mol. The third kappa shape index (κ3) is 2.93. The first-order valence-electron chi connectivity index (χ1n) is 4.91. The molecule has 1 N–H and O–H groups in total. The predicted octanol–water partition coefficient (Wildman–Crippen LogP) is 3.47. The molecule has 0 saturated carbocycles. The van der Waals surface area contributed by atoms with Crippen molar-refractivity contribution >= 4 is 15.9 Å². The van der Waals surface area contributed by atoms with Crippen LogP contribution in [0.25, 0.3) is 0 Å². The molecular formula is C12H11BrFNO. The molecule has 0 bridgehead atoms. The van der Waals surface area contributed by atoms with Crippen LogP contribution >= 0.6 is 15.9 Å². The molecule has 0 amide bonds. The van der Waals surface area contributed by atoms with E-state index in [1.807, 2.05) is 6.07 Å². The van der Waals surface area contributed by atoms with Crippen LogP contribution in [0.4, 0.5) is 4.39 Å². The molecule has 0 saturated heterocycles. The van der Waals surface area contributed by atoms with E-state index < -0.39 is 0 Å². The zero-order valence-corrected chi connectivity index (χ0v) is 10.1. The molecular weight excluding hydrogens is 273 g/mol. The molecule has 1 aromatic heterocycles. The molecule has 0 spiro atoms. The first-order chi connectivity index (χ1) is 7.75. The molecule has 1 aromatic carbocycles. The molecule has 4 heteroatoms. The van der Waals surface area contributed by atoms with Crippen LogP contribution < -0.4 is 5.32 Å². The minimum atomic E-state index is -0.192. The van der Waals surface area contributed by atoms with Crippen LogP contribution in [-0.2, 0) is 13.1 Å². The SMILES string of the molecule is Fc1ccc(Br)cc1CNCc1ccoc1. The van der Waals surface area contributed by atoms with Gasteiger partial charge in [0.2, 0.25) is 0 Å². The molecule has 0 fully saturated rings. The van der Waals surface area contributed by atoms with Gasteiger partial charge in [0, 0.05) is 28.7 Å². The lowest BCUT2D eigenvalue weighted by atomic mass is 10.2. The van der Waals surface area contributed by atoms with Crippen molar-refractivity contribution in [2.45, 2.75) is 13.1 Å². The zero-order chi connectivity index (χ0) is 11.4. The lowest BCUT2D eigenvalue weighted by Crippen LogP contribution is -2.13. The summed E-state index contributed by atoms with van der Waals surface area (Å²) in [6, 6.07) is 6.80. The summed E-state index contributed by atoms with van der Waals surface area (Å²) < 4.78 is 19.2. The molecule has 1 heterocycles. The Balaban J connectivity index is 1.92. The molecule has 0 unspecified atom stereocenters. The first-order valence-corrected chi connectivity index (χ1v) is 5.71. The lowest BCUT2D eigenvalue weighted by Gasteiger charge is -2.05. The van der Waals surface area contributed by atoms with E-state index in [-0.39, 0.29) is 5.82 Å². The minimum absolute atomic E-state index is 0.192. The molecule has 0 aliphatic rings. The standard InChI is InChI=1S/C12H11BrFNO/c13-11-1-2-12(14)10(5-11)7-15-6-9-3-4-16-8-9/h1-5,8,15H,6-7H2. The Bertz CT molecular complexity index is 456. The second-order valence-electron chi connectivity index (χ2n) is 3.47. The highest BCUT2D eigenvalue weighted by atomic mass is 79.9. The van der Waals surface area contributed by atoms with Gasteiger partial charge >= 0.3 is 0 Å². The van der Waals surface area contributed by atoms with Gasteiger partial charge in [-0.15, -0.1) is 0 Å². The molecule has 2 aromatic rings. The fraction of sp³-hybridized carbons (Fsp3) is 0.167. The number of halogens is 2. The fourth-order valence-electron chi connectivity index (χ4n) is 1.41. The zero-order valence-electron chi connectivity index (χ0n) is 8.54. The van der Waals surface area contributed by atoms with Crippen LogP contribution in [0.3, 0.4) is 0 Å². The largest absolute Gasteiger partial charge is 0.472 e. The number of rotatable bonds is 4. The van der Waals surface area contributed by atoms with Gasteiger partial charge in [0.15, 0.2) is 0 Å². The summed E-state index contributed by atoms with van der Waals surface area (Å²) >= 11 is 3.32. The van der Waals surface area contributed by atoms with Crippen LogP contribution in [-0.4, -0.2) is 0 Å². The molecule has 0 radical (unpaired) electrons. The topological polar surface area (TPSA) is 25.2 Å². The molecule has 0 atom stereocenters. The summed E-state index contributed by atoms with van der Waals surface area (Å²) in [5.41, 5.74) is 1.70. The van der Waals surface area contributed by atoms with Crippen LogP contribution in [0.1, 0.15) is 11.1 Å². The van der Waals surface area contributed by atoms with E-state index in [1.165, 1.54) is 6.07 Å². The quantitative estimate of drug-likeness (QED) is 0.930. The maximum atomic E-state index is 13.4. The van der Waals surface area contributed by atoms with Gasteiger partial charge in [-0.2, -0.15) is 0 Å². The smallest absolute Gasteiger partial charge is 0.127 e. The summed E-state index contributed by atoms with van der Waals surface area (Å²) in [4.78, 5) is 0.